The molecule has 1 aromatic carbocycles. The molecule has 0 aromatic heterocycles. The van der Waals surface area contributed by atoms with Crippen molar-refractivity contribution < 1.29 is 18.7 Å². The molecule has 0 aliphatic carbocycles. The van der Waals surface area contributed by atoms with Gasteiger partial charge in [-0.05, 0) is 57.9 Å². The van der Waals surface area contributed by atoms with Crippen molar-refractivity contribution in [1.82, 2.24) is 10.2 Å². The molecule has 1 heterocycles. The van der Waals surface area contributed by atoms with Crippen LogP contribution in [0.5, 0.6) is 0 Å². The highest BCUT2D eigenvalue weighted by Gasteiger charge is 2.28. The Morgan fingerprint density at radius 1 is 1.26 bits per heavy atom. The zero-order valence-corrected chi connectivity index (χ0v) is 13.8. The van der Waals surface area contributed by atoms with E-state index < -0.39 is 5.60 Å². The lowest BCUT2D eigenvalue weighted by Crippen LogP contribution is -2.50. The molecule has 2 rings (SSSR count). The van der Waals surface area contributed by atoms with Gasteiger partial charge in [0.1, 0.15) is 11.4 Å². The molecule has 1 atom stereocenters. The molecule has 0 unspecified atom stereocenters. The highest BCUT2D eigenvalue weighted by atomic mass is 19.1. The first-order chi connectivity index (χ1) is 10.7. The lowest BCUT2D eigenvalue weighted by atomic mass is 10.1. The summed E-state index contributed by atoms with van der Waals surface area (Å²) in [5, 5.41) is 2.89. The van der Waals surface area contributed by atoms with Crippen molar-refractivity contribution in [1.29, 1.82) is 0 Å². The van der Waals surface area contributed by atoms with Crippen molar-refractivity contribution in [3.63, 3.8) is 0 Å². The van der Waals surface area contributed by atoms with Gasteiger partial charge in [0, 0.05) is 24.7 Å². The third-order valence-corrected chi connectivity index (χ3v) is 3.51. The quantitative estimate of drug-likeness (QED) is 0.911. The smallest absolute Gasteiger partial charge is 0.410 e. The Morgan fingerprint density at radius 3 is 2.52 bits per heavy atom. The molecule has 0 radical (unpaired) electrons. The van der Waals surface area contributed by atoms with Gasteiger partial charge < -0.3 is 15.0 Å². The molecule has 1 saturated heterocycles. The van der Waals surface area contributed by atoms with Gasteiger partial charge in [0.25, 0.3) is 5.91 Å². The second-order valence-electron chi connectivity index (χ2n) is 6.75. The molecule has 23 heavy (non-hydrogen) atoms. The summed E-state index contributed by atoms with van der Waals surface area (Å²) in [5.41, 5.74) is -0.137. The SMILES string of the molecule is CC(C)(C)OC(=O)N1CCC[C@H](NC(=O)c2ccc(F)cc2)C1. The maximum absolute atomic E-state index is 12.9. The van der Waals surface area contributed by atoms with Crippen molar-refractivity contribution >= 4 is 12.0 Å². The first kappa shape index (κ1) is 17.2. The molecular weight excluding hydrogens is 299 g/mol. The Bertz CT molecular complexity index is 566. The van der Waals surface area contributed by atoms with Gasteiger partial charge in [-0.2, -0.15) is 0 Å². The minimum absolute atomic E-state index is 0.131. The lowest BCUT2D eigenvalue weighted by Gasteiger charge is -2.34. The van der Waals surface area contributed by atoms with Gasteiger partial charge in [0.05, 0.1) is 0 Å². The van der Waals surface area contributed by atoms with Gasteiger partial charge in [0.15, 0.2) is 0 Å². The fourth-order valence-electron chi connectivity index (χ4n) is 2.46. The van der Waals surface area contributed by atoms with Gasteiger partial charge in [-0.25, -0.2) is 9.18 Å². The number of piperidine rings is 1. The molecule has 1 aromatic rings. The monoisotopic (exact) mass is 322 g/mol. The van der Waals surface area contributed by atoms with Crippen LogP contribution in [0, 0.1) is 5.82 Å². The third-order valence-electron chi connectivity index (χ3n) is 3.51. The van der Waals surface area contributed by atoms with E-state index in [0.717, 1.165) is 12.8 Å². The standard InChI is InChI=1S/C17H23FN2O3/c1-17(2,3)23-16(22)20-10-4-5-14(11-20)19-15(21)12-6-8-13(18)9-7-12/h6-9,14H,4-5,10-11H2,1-3H3,(H,19,21)/t14-/m0/s1. The first-order valence-electron chi connectivity index (χ1n) is 7.79. The van der Waals surface area contributed by atoms with E-state index in [2.05, 4.69) is 5.32 Å². The Hall–Kier alpha value is -2.11. The van der Waals surface area contributed by atoms with Crippen molar-refractivity contribution in [2.75, 3.05) is 13.1 Å². The van der Waals surface area contributed by atoms with E-state index >= 15 is 0 Å². The fraction of sp³-hybridized carbons (Fsp3) is 0.529. The largest absolute Gasteiger partial charge is 0.444 e. The number of nitrogens with zero attached hydrogens (tertiary/aromatic N) is 1. The maximum atomic E-state index is 12.9. The predicted octanol–water partition coefficient (Wildman–Crippen LogP) is 2.96. The molecule has 1 fully saturated rings. The van der Waals surface area contributed by atoms with Crippen LogP contribution in [0.25, 0.3) is 0 Å². The van der Waals surface area contributed by atoms with Crippen LogP contribution in [0.1, 0.15) is 44.0 Å². The number of nitrogens with one attached hydrogen (secondary N) is 1. The Labute approximate surface area is 135 Å². The van der Waals surface area contributed by atoms with E-state index in [9.17, 15) is 14.0 Å². The number of likely N-dealkylation sites (tertiary alicyclic amines) is 1. The minimum atomic E-state index is -0.540. The zero-order valence-electron chi connectivity index (χ0n) is 13.8. The van der Waals surface area contributed by atoms with Crippen molar-refractivity contribution in [3.8, 4) is 0 Å². The molecule has 1 aliphatic rings. The van der Waals surface area contributed by atoms with Crippen LogP contribution < -0.4 is 5.32 Å². The fourth-order valence-corrected chi connectivity index (χ4v) is 2.46. The number of hydrogen-bond acceptors (Lipinski definition) is 3. The molecule has 126 valence electrons. The zero-order chi connectivity index (χ0) is 17.0. The van der Waals surface area contributed by atoms with Crippen molar-refractivity contribution in [2.45, 2.75) is 45.3 Å². The second kappa shape index (κ2) is 6.98. The molecule has 0 bridgehead atoms. The van der Waals surface area contributed by atoms with E-state index in [0.29, 0.717) is 18.7 Å². The van der Waals surface area contributed by atoms with Crippen LogP contribution in [0.15, 0.2) is 24.3 Å². The van der Waals surface area contributed by atoms with E-state index in [1.165, 1.54) is 24.3 Å². The Balaban J connectivity index is 1.92. The normalized spacial score (nSPS) is 18.4. The molecule has 1 N–H and O–H groups in total. The van der Waals surface area contributed by atoms with Crippen LogP contribution >= 0.6 is 0 Å². The highest BCUT2D eigenvalue weighted by Crippen LogP contribution is 2.16. The highest BCUT2D eigenvalue weighted by molar-refractivity contribution is 5.94. The van der Waals surface area contributed by atoms with Crippen LogP contribution in [-0.2, 0) is 4.74 Å². The Morgan fingerprint density at radius 2 is 1.91 bits per heavy atom. The minimum Gasteiger partial charge on any atom is -0.444 e. The van der Waals surface area contributed by atoms with Gasteiger partial charge in [-0.1, -0.05) is 0 Å². The van der Waals surface area contributed by atoms with Crippen LogP contribution in [0.2, 0.25) is 0 Å². The maximum Gasteiger partial charge on any atom is 0.410 e. The molecule has 0 saturated carbocycles. The number of carbonyl (C=O) groups is 2. The van der Waals surface area contributed by atoms with Gasteiger partial charge in [-0.15, -0.1) is 0 Å². The summed E-state index contributed by atoms with van der Waals surface area (Å²) in [6.45, 7) is 6.51. The summed E-state index contributed by atoms with van der Waals surface area (Å²) < 4.78 is 18.3. The van der Waals surface area contributed by atoms with E-state index in [-0.39, 0.29) is 23.9 Å². The van der Waals surface area contributed by atoms with Crippen molar-refractivity contribution in [3.05, 3.63) is 35.6 Å². The van der Waals surface area contributed by atoms with Gasteiger partial charge >= 0.3 is 6.09 Å². The average Bonchev–Trinajstić information content (AvgIpc) is 2.46. The molecule has 1 aliphatic heterocycles. The van der Waals surface area contributed by atoms with Gasteiger partial charge in [-0.3, -0.25) is 4.79 Å². The number of ether oxygens (including phenoxy) is 1. The molecular formula is C17H23FN2O3. The van der Waals surface area contributed by atoms with Crippen molar-refractivity contribution in [2.24, 2.45) is 0 Å². The number of amides is 2. The number of benzene rings is 1. The molecule has 5 nitrogen and oxygen atoms in total. The molecule has 2 amide bonds. The summed E-state index contributed by atoms with van der Waals surface area (Å²) in [6, 6.07) is 5.26. The van der Waals surface area contributed by atoms with E-state index in [1.54, 1.807) is 4.90 Å². The second-order valence-corrected chi connectivity index (χ2v) is 6.75. The van der Waals surface area contributed by atoms with E-state index in [4.69, 9.17) is 4.74 Å². The predicted molar refractivity (Wildman–Crippen MR) is 84.7 cm³/mol. The lowest BCUT2D eigenvalue weighted by molar-refractivity contribution is 0.0185. The van der Waals surface area contributed by atoms with E-state index in [1.807, 2.05) is 20.8 Å². The summed E-state index contributed by atoms with van der Waals surface area (Å²) in [5.74, 6) is -0.642. The third kappa shape index (κ3) is 5.23. The van der Waals surface area contributed by atoms with Crippen LogP contribution in [0.3, 0.4) is 0 Å². The van der Waals surface area contributed by atoms with Crippen LogP contribution in [0.4, 0.5) is 9.18 Å². The first-order valence-corrected chi connectivity index (χ1v) is 7.79. The molecule has 6 heteroatoms. The number of halogens is 1. The summed E-state index contributed by atoms with van der Waals surface area (Å²) in [6.07, 6.45) is 1.23. The number of hydrogen-bond donors (Lipinski definition) is 1. The number of carbonyl (C=O) groups excluding carboxylic acids is 2. The Kier molecular flexibility index (Phi) is 5.23. The summed E-state index contributed by atoms with van der Waals surface area (Å²) in [4.78, 5) is 25.9. The van der Waals surface area contributed by atoms with Gasteiger partial charge in [0.2, 0.25) is 0 Å². The van der Waals surface area contributed by atoms with Crippen LogP contribution in [-0.4, -0.2) is 41.6 Å². The average molecular weight is 322 g/mol. The number of rotatable bonds is 2. The molecule has 0 spiro atoms. The summed E-state index contributed by atoms with van der Waals surface area (Å²) in [7, 11) is 0. The topological polar surface area (TPSA) is 58.6 Å². The summed E-state index contributed by atoms with van der Waals surface area (Å²) >= 11 is 0.